The van der Waals surface area contributed by atoms with Crippen molar-refractivity contribution in [3.05, 3.63) is 64.2 Å². The molecule has 0 bridgehead atoms. The van der Waals surface area contributed by atoms with Gasteiger partial charge in [0.25, 0.3) is 5.69 Å². The quantitative estimate of drug-likeness (QED) is 0.395. The normalized spacial score (nSPS) is 10.2. The first kappa shape index (κ1) is 12.4. The van der Waals surface area contributed by atoms with E-state index in [0.29, 0.717) is 11.4 Å². The molecule has 2 aromatic rings. The number of benzene rings is 2. The fourth-order valence-corrected chi connectivity index (χ4v) is 2.54. The van der Waals surface area contributed by atoms with E-state index in [4.69, 9.17) is 5.73 Å². The Morgan fingerprint density at radius 3 is 2.67 bits per heavy atom. The molecule has 2 aromatic carbocycles. The molecule has 0 aromatic heterocycles. The van der Waals surface area contributed by atoms with Crippen LogP contribution in [-0.4, -0.2) is 4.92 Å². The number of nitro benzene ring substituents is 1. The zero-order valence-electron chi connectivity index (χ0n) is 9.58. The lowest BCUT2D eigenvalue weighted by molar-refractivity contribution is -0.385. The molecule has 0 aliphatic carbocycles. The standard InChI is InChI=1S/C13H12N2O2S/c14-11-5-3-6-12(8-11)18-9-10-4-1-2-7-13(10)15(16)17/h1-8H,9,14H2. The summed E-state index contributed by atoms with van der Waals surface area (Å²) < 4.78 is 0. The van der Waals surface area contributed by atoms with Gasteiger partial charge in [-0.1, -0.05) is 24.3 Å². The van der Waals surface area contributed by atoms with Crippen molar-refractivity contribution in [1.82, 2.24) is 0 Å². The molecule has 0 fully saturated rings. The van der Waals surface area contributed by atoms with Gasteiger partial charge in [-0.2, -0.15) is 0 Å². The highest BCUT2D eigenvalue weighted by atomic mass is 32.2. The molecule has 0 unspecified atom stereocenters. The van der Waals surface area contributed by atoms with Crippen LogP contribution >= 0.6 is 11.8 Å². The van der Waals surface area contributed by atoms with E-state index in [1.54, 1.807) is 12.1 Å². The van der Waals surface area contributed by atoms with Crippen LogP contribution in [0.25, 0.3) is 0 Å². The topological polar surface area (TPSA) is 69.2 Å². The van der Waals surface area contributed by atoms with Gasteiger partial charge in [-0.15, -0.1) is 11.8 Å². The van der Waals surface area contributed by atoms with Crippen LogP contribution in [0, 0.1) is 10.1 Å². The Labute approximate surface area is 109 Å². The van der Waals surface area contributed by atoms with Crippen molar-refractivity contribution in [3.8, 4) is 0 Å². The Balaban J connectivity index is 2.13. The number of nitrogens with two attached hydrogens (primary N) is 1. The van der Waals surface area contributed by atoms with E-state index in [2.05, 4.69) is 0 Å². The van der Waals surface area contributed by atoms with Gasteiger partial charge in [-0.05, 0) is 18.2 Å². The van der Waals surface area contributed by atoms with Gasteiger partial charge in [0, 0.05) is 28.0 Å². The van der Waals surface area contributed by atoms with E-state index in [1.807, 2.05) is 30.3 Å². The van der Waals surface area contributed by atoms with Gasteiger partial charge in [0.1, 0.15) is 0 Å². The number of para-hydroxylation sites is 1. The lowest BCUT2D eigenvalue weighted by Gasteiger charge is -2.03. The molecule has 0 saturated carbocycles. The van der Waals surface area contributed by atoms with Crippen molar-refractivity contribution < 1.29 is 4.92 Å². The smallest absolute Gasteiger partial charge is 0.273 e. The molecule has 18 heavy (non-hydrogen) atoms. The molecule has 2 rings (SSSR count). The van der Waals surface area contributed by atoms with Crippen molar-refractivity contribution in [2.75, 3.05) is 5.73 Å². The van der Waals surface area contributed by atoms with Crippen LogP contribution in [0.2, 0.25) is 0 Å². The summed E-state index contributed by atoms with van der Waals surface area (Å²) in [6.07, 6.45) is 0. The first-order chi connectivity index (χ1) is 8.66. The first-order valence-electron chi connectivity index (χ1n) is 5.37. The SMILES string of the molecule is Nc1cccc(SCc2ccccc2[N+](=O)[O-])c1. The zero-order valence-corrected chi connectivity index (χ0v) is 10.4. The molecule has 0 spiro atoms. The van der Waals surface area contributed by atoms with Gasteiger partial charge in [0.05, 0.1) is 4.92 Å². The second kappa shape index (κ2) is 5.55. The number of thioether (sulfide) groups is 1. The Morgan fingerprint density at radius 2 is 1.94 bits per heavy atom. The largest absolute Gasteiger partial charge is 0.399 e. The number of nitrogen functional groups attached to an aromatic ring is 1. The maximum absolute atomic E-state index is 10.9. The first-order valence-corrected chi connectivity index (χ1v) is 6.36. The summed E-state index contributed by atoms with van der Waals surface area (Å²) in [7, 11) is 0. The van der Waals surface area contributed by atoms with Gasteiger partial charge in [-0.3, -0.25) is 10.1 Å². The molecular formula is C13H12N2O2S. The van der Waals surface area contributed by atoms with Crippen LogP contribution < -0.4 is 5.73 Å². The minimum absolute atomic E-state index is 0.161. The van der Waals surface area contributed by atoms with Crippen molar-refractivity contribution >= 4 is 23.1 Å². The summed E-state index contributed by atoms with van der Waals surface area (Å²) in [6.45, 7) is 0. The van der Waals surface area contributed by atoms with E-state index >= 15 is 0 Å². The van der Waals surface area contributed by atoms with Crippen LogP contribution in [0.5, 0.6) is 0 Å². The van der Waals surface area contributed by atoms with E-state index in [9.17, 15) is 10.1 Å². The van der Waals surface area contributed by atoms with Crippen LogP contribution in [0.1, 0.15) is 5.56 Å². The lowest BCUT2D eigenvalue weighted by atomic mass is 10.2. The summed E-state index contributed by atoms with van der Waals surface area (Å²) >= 11 is 1.53. The lowest BCUT2D eigenvalue weighted by Crippen LogP contribution is -1.93. The second-order valence-electron chi connectivity index (χ2n) is 3.75. The molecule has 0 amide bonds. The molecule has 0 aliphatic rings. The van der Waals surface area contributed by atoms with Crippen molar-refractivity contribution in [2.45, 2.75) is 10.6 Å². The maximum Gasteiger partial charge on any atom is 0.273 e. The van der Waals surface area contributed by atoms with Gasteiger partial charge >= 0.3 is 0 Å². The minimum Gasteiger partial charge on any atom is -0.399 e. The molecule has 0 saturated heterocycles. The predicted molar refractivity (Wildman–Crippen MR) is 73.5 cm³/mol. The third-order valence-electron chi connectivity index (χ3n) is 2.44. The van der Waals surface area contributed by atoms with Gasteiger partial charge in [-0.25, -0.2) is 0 Å². The number of rotatable bonds is 4. The molecule has 92 valence electrons. The molecular weight excluding hydrogens is 248 g/mol. The highest BCUT2D eigenvalue weighted by Gasteiger charge is 2.12. The molecule has 0 heterocycles. The molecule has 2 N–H and O–H groups in total. The Bertz CT molecular complexity index is 572. The van der Waals surface area contributed by atoms with E-state index in [0.717, 1.165) is 10.5 Å². The fraction of sp³-hybridized carbons (Fsp3) is 0.0769. The van der Waals surface area contributed by atoms with Gasteiger partial charge in [0.15, 0.2) is 0 Å². The van der Waals surface area contributed by atoms with Crippen molar-refractivity contribution in [1.29, 1.82) is 0 Å². The highest BCUT2D eigenvalue weighted by Crippen LogP contribution is 2.28. The number of nitro groups is 1. The number of nitrogens with zero attached hydrogens (tertiary/aromatic N) is 1. The zero-order chi connectivity index (χ0) is 13.0. The third-order valence-corrected chi connectivity index (χ3v) is 3.48. The Morgan fingerprint density at radius 1 is 1.17 bits per heavy atom. The third kappa shape index (κ3) is 3.01. The number of hydrogen-bond acceptors (Lipinski definition) is 4. The average Bonchev–Trinajstić information content (AvgIpc) is 2.37. The van der Waals surface area contributed by atoms with Crippen molar-refractivity contribution in [3.63, 3.8) is 0 Å². The second-order valence-corrected chi connectivity index (χ2v) is 4.80. The molecule has 5 heteroatoms. The van der Waals surface area contributed by atoms with Crippen LogP contribution in [0.4, 0.5) is 11.4 Å². The monoisotopic (exact) mass is 260 g/mol. The summed E-state index contributed by atoms with van der Waals surface area (Å²) in [5, 5.41) is 10.9. The van der Waals surface area contributed by atoms with Gasteiger partial charge in [0.2, 0.25) is 0 Å². The van der Waals surface area contributed by atoms with Gasteiger partial charge < -0.3 is 5.73 Å². The number of anilines is 1. The Hall–Kier alpha value is -2.01. The fourth-order valence-electron chi connectivity index (χ4n) is 1.58. The summed E-state index contributed by atoms with van der Waals surface area (Å²) in [5.41, 5.74) is 7.26. The van der Waals surface area contributed by atoms with E-state index in [-0.39, 0.29) is 10.6 Å². The molecule has 4 nitrogen and oxygen atoms in total. The molecule has 0 atom stereocenters. The minimum atomic E-state index is -0.352. The van der Waals surface area contributed by atoms with Crippen LogP contribution in [0.15, 0.2) is 53.4 Å². The maximum atomic E-state index is 10.9. The molecule has 0 radical (unpaired) electrons. The Kier molecular flexibility index (Phi) is 3.84. The average molecular weight is 260 g/mol. The van der Waals surface area contributed by atoms with Crippen molar-refractivity contribution in [2.24, 2.45) is 0 Å². The van der Waals surface area contributed by atoms with Crippen LogP contribution in [-0.2, 0) is 5.75 Å². The van der Waals surface area contributed by atoms with E-state index < -0.39 is 0 Å². The summed E-state index contributed by atoms with van der Waals surface area (Å²) in [5.74, 6) is 0.556. The summed E-state index contributed by atoms with van der Waals surface area (Å²) in [4.78, 5) is 11.5. The molecule has 0 aliphatic heterocycles. The van der Waals surface area contributed by atoms with Crippen LogP contribution in [0.3, 0.4) is 0 Å². The highest BCUT2D eigenvalue weighted by molar-refractivity contribution is 7.98. The predicted octanol–water partition coefficient (Wildman–Crippen LogP) is 3.47. The van der Waals surface area contributed by atoms with E-state index in [1.165, 1.54) is 17.8 Å². The summed E-state index contributed by atoms with van der Waals surface area (Å²) in [6, 6.07) is 14.3. The number of hydrogen-bond donors (Lipinski definition) is 1.